The number of carbonyl (C=O) groups excluding carboxylic acids is 1. The third-order valence-corrected chi connectivity index (χ3v) is 4.94. The van der Waals surface area contributed by atoms with Gasteiger partial charge in [-0.25, -0.2) is 22.5 Å². The van der Waals surface area contributed by atoms with Crippen LogP contribution in [0.25, 0.3) is 5.69 Å². The van der Waals surface area contributed by atoms with Gasteiger partial charge in [0, 0.05) is 11.8 Å². The van der Waals surface area contributed by atoms with E-state index in [4.69, 9.17) is 0 Å². The van der Waals surface area contributed by atoms with E-state index in [0.717, 1.165) is 35.0 Å². The van der Waals surface area contributed by atoms with Gasteiger partial charge in [-0.1, -0.05) is 0 Å². The van der Waals surface area contributed by atoms with Crippen LogP contribution in [0.5, 0.6) is 0 Å². The summed E-state index contributed by atoms with van der Waals surface area (Å²) in [5.74, 6) is -2.95. The highest BCUT2D eigenvalue weighted by molar-refractivity contribution is 7.92. The maximum absolute atomic E-state index is 14.2. The second-order valence-electron chi connectivity index (χ2n) is 5.59. The molecule has 0 bridgehead atoms. The number of carbonyl (C=O) groups is 1. The first-order chi connectivity index (χ1) is 13.6. The summed E-state index contributed by atoms with van der Waals surface area (Å²) in [5.41, 5.74) is -0.273. The molecule has 0 aliphatic heterocycles. The molecule has 0 aliphatic rings. The second kappa shape index (κ2) is 7.50. The number of nitrogens with one attached hydrogen (secondary N) is 2. The zero-order valence-electron chi connectivity index (χ0n) is 14.2. The lowest BCUT2D eigenvalue weighted by atomic mass is 10.3. The topological polar surface area (TPSA) is 106 Å². The van der Waals surface area contributed by atoms with Crippen molar-refractivity contribution in [3.05, 3.63) is 60.9 Å². The first kappa shape index (κ1) is 20.3. The van der Waals surface area contributed by atoms with Gasteiger partial charge in [0.25, 0.3) is 10.0 Å². The van der Waals surface area contributed by atoms with E-state index in [9.17, 15) is 30.8 Å². The number of halogens is 4. The first-order valence-corrected chi connectivity index (χ1v) is 9.20. The zero-order chi connectivity index (χ0) is 21.2. The van der Waals surface area contributed by atoms with Crippen LogP contribution in [0.1, 0.15) is 0 Å². The van der Waals surface area contributed by atoms with Crippen molar-refractivity contribution in [3.8, 4) is 5.69 Å². The fourth-order valence-electron chi connectivity index (χ4n) is 2.22. The van der Waals surface area contributed by atoms with E-state index in [1.807, 2.05) is 0 Å². The molecule has 13 heteroatoms. The summed E-state index contributed by atoms with van der Waals surface area (Å²) < 4.78 is 79.0. The van der Waals surface area contributed by atoms with Gasteiger partial charge in [-0.3, -0.25) is 9.52 Å². The molecular formula is C16H11F4N5O3S. The molecule has 0 fully saturated rings. The molecule has 3 rings (SSSR count). The molecule has 0 saturated heterocycles. The van der Waals surface area contributed by atoms with Crippen LogP contribution in [0, 0.1) is 5.82 Å². The quantitative estimate of drug-likeness (QED) is 0.607. The molecular weight excluding hydrogens is 418 g/mol. The average Bonchev–Trinajstić information content (AvgIpc) is 3.15. The molecule has 29 heavy (non-hydrogen) atoms. The SMILES string of the molecule is O=C(Nc1ccc(S(=O)(=O)Nc2ccc(-n3cncn3)c(F)c2)cc1)C(F)(F)F. The second-order valence-corrected chi connectivity index (χ2v) is 7.27. The fourth-order valence-corrected chi connectivity index (χ4v) is 3.27. The molecule has 8 nitrogen and oxygen atoms in total. The lowest BCUT2D eigenvalue weighted by Crippen LogP contribution is -2.29. The van der Waals surface area contributed by atoms with Gasteiger partial charge in [0.15, 0.2) is 5.82 Å². The number of rotatable bonds is 5. The number of anilines is 2. The maximum Gasteiger partial charge on any atom is 0.471 e. The summed E-state index contributed by atoms with van der Waals surface area (Å²) in [6.07, 6.45) is -2.60. The van der Waals surface area contributed by atoms with Crippen molar-refractivity contribution in [3.63, 3.8) is 0 Å². The predicted molar refractivity (Wildman–Crippen MR) is 93.3 cm³/mol. The highest BCUT2D eigenvalue weighted by Crippen LogP contribution is 2.23. The Morgan fingerprint density at radius 2 is 1.69 bits per heavy atom. The van der Waals surface area contributed by atoms with Gasteiger partial charge < -0.3 is 5.32 Å². The number of hydrogen-bond donors (Lipinski definition) is 2. The van der Waals surface area contributed by atoms with E-state index in [1.54, 1.807) is 5.32 Å². The number of benzene rings is 2. The standard InChI is InChI=1S/C16H11F4N5O3S/c17-13-7-11(3-6-14(13)25-9-21-8-22-25)24-29(27,28)12-4-1-10(2-5-12)23-15(26)16(18,19)20/h1-9,24H,(H,23,26). The Balaban J connectivity index is 1.76. The monoisotopic (exact) mass is 429 g/mol. The van der Waals surface area contributed by atoms with Gasteiger partial charge >= 0.3 is 12.1 Å². The van der Waals surface area contributed by atoms with Gasteiger partial charge in [-0.15, -0.1) is 0 Å². The predicted octanol–water partition coefficient (Wildman–Crippen LogP) is 2.71. The van der Waals surface area contributed by atoms with E-state index in [1.165, 1.54) is 24.8 Å². The molecule has 0 aliphatic carbocycles. The van der Waals surface area contributed by atoms with E-state index < -0.39 is 27.9 Å². The van der Waals surface area contributed by atoms with Crippen molar-refractivity contribution in [2.24, 2.45) is 0 Å². The first-order valence-electron chi connectivity index (χ1n) is 7.72. The van der Waals surface area contributed by atoms with E-state index >= 15 is 0 Å². The van der Waals surface area contributed by atoms with Crippen LogP contribution >= 0.6 is 0 Å². The number of nitrogens with zero attached hydrogens (tertiary/aromatic N) is 3. The summed E-state index contributed by atoms with van der Waals surface area (Å²) >= 11 is 0. The largest absolute Gasteiger partial charge is 0.471 e. The average molecular weight is 429 g/mol. The van der Waals surface area contributed by atoms with Crippen LogP contribution in [-0.4, -0.2) is 35.3 Å². The molecule has 0 unspecified atom stereocenters. The normalized spacial score (nSPS) is 11.9. The Kier molecular flexibility index (Phi) is 5.24. The number of hydrogen-bond acceptors (Lipinski definition) is 5. The Morgan fingerprint density at radius 3 is 2.24 bits per heavy atom. The van der Waals surface area contributed by atoms with Crippen molar-refractivity contribution < 1.29 is 30.8 Å². The van der Waals surface area contributed by atoms with Crippen LogP contribution < -0.4 is 10.0 Å². The molecule has 1 heterocycles. The van der Waals surface area contributed by atoms with Crippen LogP contribution in [0.15, 0.2) is 60.0 Å². The van der Waals surface area contributed by atoms with Crippen molar-refractivity contribution >= 4 is 27.3 Å². The number of amides is 1. The minimum Gasteiger partial charge on any atom is -0.318 e. The fraction of sp³-hybridized carbons (Fsp3) is 0.0625. The molecule has 0 radical (unpaired) electrons. The van der Waals surface area contributed by atoms with Crippen molar-refractivity contribution in [1.82, 2.24) is 14.8 Å². The Morgan fingerprint density at radius 1 is 1.03 bits per heavy atom. The molecule has 0 saturated carbocycles. The molecule has 2 aromatic carbocycles. The highest BCUT2D eigenvalue weighted by atomic mass is 32.2. The Bertz CT molecular complexity index is 1130. The van der Waals surface area contributed by atoms with E-state index in [2.05, 4.69) is 14.8 Å². The van der Waals surface area contributed by atoms with E-state index in [0.29, 0.717) is 0 Å². The van der Waals surface area contributed by atoms with Crippen molar-refractivity contribution in [1.29, 1.82) is 0 Å². The van der Waals surface area contributed by atoms with E-state index in [-0.39, 0.29) is 22.0 Å². The lowest BCUT2D eigenvalue weighted by molar-refractivity contribution is -0.167. The van der Waals surface area contributed by atoms with Crippen LogP contribution in [-0.2, 0) is 14.8 Å². The summed E-state index contributed by atoms with van der Waals surface area (Å²) in [4.78, 5) is 14.3. The molecule has 1 amide bonds. The minimum absolute atomic E-state index is 0.0511. The van der Waals surface area contributed by atoms with Crippen LogP contribution in [0.3, 0.4) is 0 Å². The molecule has 1 aromatic heterocycles. The van der Waals surface area contributed by atoms with Gasteiger partial charge in [0.05, 0.1) is 10.6 Å². The molecule has 3 aromatic rings. The summed E-state index contributed by atoms with van der Waals surface area (Å²) in [7, 11) is -4.16. The number of sulfonamides is 1. The van der Waals surface area contributed by atoms with Gasteiger partial charge in [-0.2, -0.15) is 18.3 Å². The molecule has 152 valence electrons. The number of alkyl halides is 3. The third-order valence-electron chi connectivity index (χ3n) is 3.55. The summed E-state index contributed by atoms with van der Waals surface area (Å²) in [6, 6.07) is 7.50. The lowest BCUT2D eigenvalue weighted by Gasteiger charge is -2.11. The molecule has 0 atom stereocenters. The zero-order valence-corrected chi connectivity index (χ0v) is 15.0. The van der Waals surface area contributed by atoms with Crippen molar-refractivity contribution in [2.75, 3.05) is 10.0 Å². The smallest absolute Gasteiger partial charge is 0.318 e. The van der Waals surface area contributed by atoms with Crippen LogP contribution in [0.2, 0.25) is 0 Å². The maximum atomic E-state index is 14.2. The third kappa shape index (κ3) is 4.68. The summed E-state index contributed by atoms with van der Waals surface area (Å²) in [5, 5.41) is 5.36. The Hall–Kier alpha value is -3.48. The molecule has 0 spiro atoms. The van der Waals surface area contributed by atoms with Gasteiger partial charge in [-0.05, 0) is 36.4 Å². The summed E-state index contributed by atoms with van der Waals surface area (Å²) in [6.45, 7) is 0. The number of aromatic nitrogens is 3. The van der Waals surface area contributed by atoms with Crippen molar-refractivity contribution in [2.45, 2.75) is 11.1 Å². The van der Waals surface area contributed by atoms with Gasteiger partial charge in [0.2, 0.25) is 0 Å². The molecule has 2 N–H and O–H groups in total. The highest BCUT2D eigenvalue weighted by Gasteiger charge is 2.38. The Labute approximate surface area is 161 Å². The van der Waals surface area contributed by atoms with Gasteiger partial charge in [0.1, 0.15) is 18.3 Å². The minimum atomic E-state index is -5.07. The van der Waals surface area contributed by atoms with Crippen LogP contribution in [0.4, 0.5) is 28.9 Å².